The fourth-order valence-corrected chi connectivity index (χ4v) is 6.22. The molecule has 0 heterocycles. The molecular weight excluding hydrogens is 590 g/mol. The van der Waals surface area contributed by atoms with Crippen molar-refractivity contribution in [3.8, 4) is 11.1 Å². The largest absolute Gasteiger partial charge is 0.449 e. The molecular formula is C39H43N3O5. The number of ether oxygens (including phenoxy) is 1. The van der Waals surface area contributed by atoms with Crippen LogP contribution in [0.2, 0.25) is 0 Å². The van der Waals surface area contributed by atoms with Gasteiger partial charge in [-0.15, -0.1) is 0 Å². The average molecular weight is 634 g/mol. The Kier molecular flexibility index (Phi) is 11.9. The SMILES string of the molecule is CNCCCC[C@H](CC(=O)[C@H](Cc1ccccc1)NC(=O)OCC1c2ccccc2-c2ccccc21)C(=O)Nc1ccc(CO)cc1. The summed E-state index contributed by atoms with van der Waals surface area (Å²) in [6, 6.07) is 31.9. The van der Waals surface area contributed by atoms with Crippen LogP contribution in [0, 0.1) is 5.92 Å². The third-order valence-electron chi connectivity index (χ3n) is 8.76. The summed E-state index contributed by atoms with van der Waals surface area (Å²) < 4.78 is 5.79. The van der Waals surface area contributed by atoms with Crippen LogP contribution in [0.5, 0.6) is 0 Å². The van der Waals surface area contributed by atoms with Crippen molar-refractivity contribution < 1.29 is 24.2 Å². The summed E-state index contributed by atoms with van der Waals surface area (Å²) in [5, 5.41) is 18.3. The minimum Gasteiger partial charge on any atom is -0.449 e. The van der Waals surface area contributed by atoms with Crippen LogP contribution >= 0.6 is 0 Å². The molecule has 0 fully saturated rings. The number of rotatable bonds is 16. The second-order valence-corrected chi connectivity index (χ2v) is 12.0. The highest BCUT2D eigenvalue weighted by molar-refractivity contribution is 5.97. The van der Waals surface area contributed by atoms with Crippen LogP contribution in [0.3, 0.4) is 0 Å². The van der Waals surface area contributed by atoms with Gasteiger partial charge >= 0.3 is 6.09 Å². The lowest BCUT2D eigenvalue weighted by atomic mass is 9.90. The highest BCUT2D eigenvalue weighted by atomic mass is 16.5. The molecule has 4 N–H and O–H groups in total. The van der Waals surface area contributed by atoms with E-state index in [4.69, 9.17) is 4.74 Å². The van der Waals surface area contributed by atoms with Crippen molar-refractivity contribution in [1.82, 2.24) is 10.6 Å². The molecule has 0 radical (unpaired) electrons. The number of nitrogens with one attached hydrogen (secondary N) is 3. The van der Waals surface area contributed by atoms with Crippen molar-refractivity contribution in [3.05, 3.63) is 125 Å². The lowest BCUT2D eigenvalue weighted by Gasteiger charge is -2.22. The van der Waals surface area contributed by atoms with Gasteiger partial charge in [-0.2, -0.15) is 0 Å². The van der Waals surface area contributed by atoms with E-state index in [1.165, 1.54) is 0 Å². The number of carbonyl (C=O) groups excluding carboxylic acids is 3. The predicted octanol–water partition coefficient (Wildman–Crippen LogP) is 6.23. The van der Waals surface area contributed by atoms with E-state index in [2.05, 4.69) is 40.2 Å². The van der Waals surface area contributed by atoms with Crippen LogP contribution < -0.4 is 16.0 Å². The molecule has 4 aromatic carbocycles. The van der Waals surface area contributed by atoms with E-state index in [1.54, 1.807) is 24.3 Å². The standard InChI is InChI=1S/C39H43N3O5/c1-40-22-10-9-13-29(38(45)41-30-20-18-28(25-43)19-21-30)24-37(44)36(23-27-11-3-2-4-12-27)42-39(46)47-26-35-33-16-7-5-14-31(33)32-15-6-8-17-34(32)35/h2-8,11-12,14-21,29,35-36,40,43H,9-10,13,22-26H2,1H3,(H,41,45)(H,42,46)/t29-,36+/m1/s1. The number of ketones is 1. The summed E-state index contributed by atoms with van der Waals surface area (Å²) in [5.41, 5.74) is 6.72. The molecule has 1 aliphatic carbocycles. The number of hydrogen-bond donors (Lipinski definition) is 4. The van der Waals surface area contributed by atoms with Gasteiger partial charge in [-0.25, -0.2) is 4.79 Å². The quantitative estimate of drug-likeness (QED) is 0.109. The van der Waals surface area contributed by atoms with Crippen molar-refractivity contribution >= 4 is 23.5 Å². The fraction of sp³-hybridized carbons (Fsp3) is 0.308. The molecule has 2 atom stereocenters. The first-order valence-electron chi connectivity index (χ1n) is 16.3. The first-order chi connectivity index (χ1) is 23.0. The summed E-state index contributed by atoms with van der Waals surface area (Å²) in [4.78, 5) is 40.7. The Morgan fingerprint density at radius 1 is 0.787 bits per heavy atom. The zero-order valence-corrected chi connectivity index (χ0v) is 26.8. The maximum absolute atomic E-state index is 13.9. The molecule has 0 unspecified atom stereocenters. The monoisotopic (exact) mass is 633 g/mol. The fourth-order valence-electron chi connectivity index (χ4n) is 6.22. The van der Waals surface area contributed by atoms with Gasteiger partial charge in [-0.05, 0) is 78.4 Å². The number of unbranched alkanes of at least 4 members (excludes halogenated alkanes) is 1. The van der Waals surface area contributed by atoms with Gasteiger partial charge in [-0.1, -0.05) is 97.4 Å². The lowest BCUT2D eigenvalue weighted by molar-refractivity contribution is -0.127. The second-order valence-electron chi connectivity index (χ2n) is 12.0. The van der Waals surface area contributed by atoms with Crippen LogP contribution in [0.4, 0.5) is 10.5 Å². The van der Waals surface area contributed by atoms with Gasteiger partial charge < -0.3 is 25.8 Å². The van der Waals surface area contributed by atoms with Gasteiger partial charge in [0.05, 0.1) is 12.6 Å². The Morgan fingerprint density at radius 2 is 1.43 bits per heavy atom. The van der Waals surface area contributed by atoms with Crippen molar-refractivity contribution in [2.45, 2.75) is 50.7 Å². The molecule has 0 saturated heterocycles. The second kappa shape index (κ2) is 16.7. The van der Waals surface area contributed by atoms with E-state index >= 15 is 0 Å². The van der Waals surface area contributed by atoms with E-state index in [9.17, 15) is 19.5 Å². The first kappa shape index (κ1) is 33.6. The highest BCUT2D eigenvalue weighted by Gasteiger charge is 2.31. The predicted molar refractivity (Wildman–Crippen MR) is 184 cm³/mol. The van der Waals surface area contributed by atoms with Gasteiger partial charge in [0, 0.05) is 23.9 Å². The highest BCUT2D eigenvalue weighted by Crippen LogP contribution is 2.44. The molecule has 0 aliphatic heterocycles. The number of fused-ring (bicyclic) bond motifs is 3. The Hall–Kier alpha value is -4.79. The van der Waals surface area contributed by atoms with Crippen LogP contribution in [-0.2, 0) is 27.4 Å². The van der Waals surface area contributed by atoms with Gasteiger partial charge in [0.1, 0.15) is 6.61 Å². The van der Waals surface area contributed by atoms with Gasteiger partial charge in [0.15, 0.2) is 5.78 Å². The molecule has 8 heteroatoms. The van der Waals surface area contributed by atoms with E-state index in [1.807, 2.05) is 61.6 Å². The Morgan fingerprint density at radius 3 is 2.06 bits per heavy atom. The smallest absolute Gasteiger partial charge is 0.407 e. The average Bonchev–Trinajstić information content (AvgIpc) is 3.42. The number of aliphatic hydroxyl groups excluding tert-OH is 1. The van der Waals surface area contributed by atoms with E-state index in [0.29, 0.717) is 12.1 Å². The number of aliphatic hydroxyl groups is 1. The number of anilines is 1. The molecule has 0 aromatic heterocycles. The molecule has 0 bridgehead atoms. The zero-order chi connectivity index (χ0) is 33.0. The van der Waals surface area contributed by atoms with Crippen molar-refractivity contribution in [3.63, 3.8) is 0 Å². The molecule has 244 valence electrons. The van der Waals surface area contributed by atoms with Crippen LogP contribution in [0.1, 0.15) is 53.9 Å². The van der Waals surface area contributed by atoms with Gasteiger partial charge in [-0.3, -0.25) is 9.59 Å². The van der Waals surface area contributed by atoms with Crippen molar-refractivity contribution in [2.24, 2.45) is 5.92 Å². The molecule has 47 heavy (non-hydrogen) atoms. The Labute approximate surface area is 276 Å². The topological polar surface area (TPSA) is 117 Å². The molecule has 2 amide bonds. The molecule has 4 aromatic rings. The van der Waals surface area contributed by atoms with Crippen LogP contribution in [0.15, 0.2) is 103 Å². The van der Waals surface area contributed by atoms with Gasteiger partial charge in [0.2, 0.25) is 5.91 Å². The number of alkyl carbamates (subject to hydrolysis) is 1. The van der Waals surface area contributed by atoms with Crippen molar-refractivity contribution in [1.29, 1.82) is 0 Å². The number of benzene rings is 4. The number of Topliss-reactive ketones (excluding diaryl/α,β-unsaturated/α-hetero) is 1. The minimum atomic E-state index is -0.871. The molecule has 8 nitrogen and oxygen atoms in total. The summed E-state index contributed by atoms with van der Waals surface area (Å²) in [7, 11) is 1.88. The Bertz CT molecular complexity index is 1590. The van der Waals surface area contributed by atoms with Crippen LogP contribution in [0.25, 0.3) is 11.1 Å². The van der Waals surface area contributed by atoms with Gasteiger partial charge in [0.25, 0.3) is 0 Å². The summed E-state index contributed by atoms with van der Waals surface area (Å²) in [6.07, 6.45) is 1.74. The normalized spacial score (nSPS) is 13.2. The number of carbonyl (C=O) groups is 3. The maximum atomic E-state index is 13.9. The molecule has 0 saturated carbocycles. The third kappa shape index (κ3) is 8.93. The van der Waals surface area contributed by atoms with Crippen LogP contribution in [-0.4, -0.2) is 49.1 Å². The minimum absolute atomic E-state index is 0.0265. The van der Waals surface area contributed by atoms with E-state index in [0.717, 1.165) is 52.8 Å². The third-order valence-corrected chi connectivity index (χ3v) is 8.76. The maximum Gasteiger partial charge on any atom is 0.407 e. The summed E-state index contributed by atoms with van der Waals surface area (Å²) in [5.74, 6) is -1.17. The number of amides is 2. The molecule has 5 rings (SSSR count). The molecule has 0 spiro atoms. The van der Waals surface area contributed by atoms with E-state index in [-0.39, 0.29) is 43.7 Å². The summed E-state index contributed by atoms with van der Waals surface area (Å²) >= 11 is 0. The zero-order valence-electron chi connectivity index (χ0n) is 26.8. The molecule has 1 aliphatic rings. The first-order valence-corrected chi connectivity index (χ1v) is 16.3. The lowest BCUT2D eigenvalue weighted by Crippen LogP contribution is -2.44. The summed E-state index contributed by atoms with van der Waals surface area (Å²) in [6.45, 7) is 0.860. The number of hydrogen-bond acceptors (Lipinski definition) is 6. The van der Waals surface area contributed by atoms with Crippen molar-refractivity contribution in [2.75, 3.05) is 25.5 Å². The van der Waals surface area contributed by atoms with E-state index < -0.39 is 18.1 Å². The Balaban J connectivity index is 1.28.